The lowest BCUT2D eigenvalue weighted by Crippen LogP contribution is -2.50. The summed E-state index contributed by atoms with van der Waals surface area (Å²) in [5, 5.41) is 0. The molecule has 1 aliphatic heterocycles. The third kappa shape index (κ3) is 4.19. The Bertz CT molecular complexity index is 455. The summed E-state index contributed by atoms with van der Waals surface area (Å²) in [4.78, 5) is 15.6. The van der Waals surface area contributed by atoms with E-state index in [-0.39, 0.29) is 19.0 Å². The first-order valence-electron chi connectivity index (χ1n) is 5.69. The summed E-state index contributed by atoms with van der Waals surface area (Å²) in [5.41, 5.74) is 0. The van der Waals surface area contributed by atoms with Crippen LogP contribution in [0, 0.1) is 0 Å². The van der Waals surface area contributed by atoms with Crippen LogP contribution in [-0.4, -0.2) is 54.6 Å². The maximum absolute atomic E-state index is 12.2. The standard InChI is InChI=1S/C11H12BrF3N2OS/c12-9-2-1-8(19-9)10(18)17-5-3-16(4-6-17)7-11(13,14)15/h1-2H,3-7H2. The van der Waals surface area contributed by atoms with Crippen molar-refractivity contribution in [2.45, 2.75) is 6.18 Å². The molecule has 3 nitrogen and oxygen atoms in total. The highest BCUT2D eigenvalue weighted by molar-refractivity contribution is 9.11. The highest BCUT2D eigenvalue weighted by Crippen LogP contribution is 2.24. The molecule has 0 radical (unpaired) electrons. The number of rotatable bonds is 2. The van der Waals surface area contributed by atoms with Crippen molar-refractivity contribution in [1.82, 2.24) is 9.80 Å². The maximum atomic E-state index is 12.2. The van der Waals surface area contributed by atoms with Crippen molar-refractivity contribution in [3.63, 3.8) is 0 Å². The van der Waals surface area contributed by atoms with Crippen LogP contribution in [0.2, 0.25) is 0 Å². The SMILES string of the molecule is O=C(c1ccc(Br)s1)N1CCN(CC(F)(F)F)CC1. The Morgan fingerprint density at radius 2 is 1.89 bits per heavy atom. The van der Waals surface area contributed by atoms with Gasteiger partial charge in [0.2, 0.25) is 0 Å². The molecule has 0 unspecified atom stereocenters. The first kappa shape index (κ1) is 14.8. The van der Waals surface area contributed by atoms with Gasteiger partial charge in [-0.25, -0.2) is 0 Å². The van der Waals surface area contributed by atoms with E-state index in [1.54, 1.807) is 17.0 Å². The van der Waals surface area contributed by atoms with E-state index in [9.17, 15) is 18.0 Å². The fourth-order valence-electron chi connectivity index (χ4n) is 1.95. The number of nitrogens with zero attached hydrogens (tertiary/aromatic N) is 2. The Balaban J connectivity index is 1.88. The van der Waals surface area contributed by atoms with Gasteiger partial charge in [0.05, 0.1) is 15.2 Å². The van der Waals surface area contributed by atoms with Crippen LogP contribution >= 0.6 is 27.3 Å². The van der Waals surface area contributed by atoms with Crippen molar-refractivity contribution in [1.29, 1.82) is 0 Å². The second-order valence-electron chi connectivity index (χ2n) is 4.29. The smallest absolute Gasteiger partial charge is 0.335 e. The fourth-order valence-corrected chi connectivity index (χ4v) is 3.30. The van der Waals surface area contributed by atoms with Crippen LogP contribution in [0.5, 0.6) is 0 Å². The molecule has 0 N–H and O–H groups in total. The molecule has 0 aliphatic carbocycles. The molecular weight excluding hydrogens is 345 g/mol. The van der Waals surface area contributed by atoms with Crippen molar-refractivity contribution in [3.05, 3.63) is 20.8 Å². The van der Waals surface area contributed by atoms with Crippen LogP contribution in [0.25, 0.3) is 0 Å². The van der Waals surface area contributed by atoms with Crippen LogP contribution in [-0.2, 0) is 0 Å². The van der Waals surface area contributed by atoms with Crippen molar-refractivity contribution < 1.29 is 18.0 Å². The minimum atomic E-state index is -4.18. The van der Waals surface area contributed by atoms with E-state index < -0.39 is 12.7 Å². The van der Waals surface area contributed by atoms with Crippen molar-refractivity contribution in [2.24, 2.45) is 0 Å². The number of hydrogen-bond acceptors (Lipinski definition) is 3. The van der Waals surface area contributed by atoms with Gasteiger partial charge in [-0.3, -0.25) is 9.69 Å². The molecule has 1 amide bonds. The number of alkyl halides is 3. The first-order chi connectivity index (χ1) is 8.85. The molecule has 1 aliphatic rings. The number of thiophene rings is 1. The lowest BCUT2D eigenvalue weighted by molar-refractivity contribution is -0.148. The Hall–Kier alpha value is -0.600. The quantitative estimate of drug-likeness (QED) is 0.813. The Labute approximate surface area is 121 Å². The first-order valence-corrected chi connectivity index (χ1v) is 7.30. The molecule has 0 aromatic carbocycles. The maximum Gasteiger partial charge on any atom is 0.401 e. The summed E-state index contributed by atoms with van der Waals surface area (Å²) < 4.78 is 37.6. The average molecular weight is 357 g/mol. The molecule has 1 aromatic heterocycles. The highest BCUT2D eigenvalue weighted by Gasteiger charge is 2.33. The molecule has 19 heavy (non-hydrogen) atoms. The van der Waals surface area contributed by atoms with Gasteiger partial charge in [-0.05, 0) is 28.1 Å². The van der Waals surface area contributed by atoms with E-state index in [4.69, 9.17) is 0 Å². The Kier molecular flexibility index (Phi) is 4.52. The van der Waals surface area contributed by atoms with Crippen LogP contribution in [0.15, 0.2) is 15.9 Å². The van der Waals surface area contributed by atoms with E-state index in [1.165, 1.54) is 16.2 Å². The monoisotopic (exact) mass is 356 g/mol. The third-order valence-electron chi connectivity index (χ3n) is 2.85. The number of piperazine rings is 1. The van der Waals surface area contributed by atoms with E-state index in [0.29, 0.717) is 18.0 Å². The van der Waals surface area contributed by atoms with Gasteiger partial charge in [-0.15, -0.1) is 11.3 Å². The molecule has 0 spiro atoms. The minimum absolute atomic E-state index is 0.109. The Morgan fingerprint density at radius 3 is 2.37 bits per heavy atom. The van der Waals surface area contributed by atoms with Gasteiger partial charge in [-0.2, -0.15) is 13.2 Å². The molecule has 8 heteroatoms. The van der Waals surface area contributed by atoms with E-state index in [0.717, 1.165) is 3.79 Å². The summed E-state index contributed by atoms with van der Waals surface area (Å²) >= 11 is 4.61. The number of carbonyl (C=O) groups is 1. The van der Waals surface area contributed by atoms with Crippen molar-refractivity contribution in [2.75, 3.05) is 32.7 Å². The van der Waals surface area contributed by atoms with Gasteiger partial charge in [0.25, 0.3) is 5.91 Å². The lowest BCUT2D eigenvalue weighted by Gasteiger charge is -2.34. The van der Waals surface area contributed by atoms with Crippen LogP contribution in [0.4, 0.5) is 13.2 Å². The fraction of sp³-hybridized carbons (Fsp3) is 0.545. The van der Waals surface area contributed by atoms with Crippen LogP contribution in [0.1, 0.15) is 9.67 Å². The molecule has 2 rings (SSSR count). The minimum Gasteiger partial charge on any atom is -0.335 e. The molecule has 106 valence electrons. The normalized spacial score (nSPS) is 17.8. The zero-order chi connectivity index (χ0) is 14.0. The predicted molar refractivity (Wildman–Crippen MR) is 70.4 cm³/mol. The number of halogens is 4. The zero-order valence-corrected chi connectivity index (χ0v) is 12.3. The summed E-state index contributed by atoms with van der Waals surface area (Å²) in [6.07, 6.45) is -4.18. The molecule has 0 saturated carbocycles. The number of carbonyl (C=O) groups excluding carboxylic acids is 1. The van der Waals surface area contributed by atoms with Crippen molar-refractivity contribution >= 4 is 33.2 Å². The largest absolute Gasteiger partial charge is 0.401 e. The van der Waals surface area contributed by atoms with E-state index in [1.807, 2.05) is 0 Å². The molecule has 0 bridgehead atoms. The summed E-state index contributed by atoms with van der Waals surface area (Å²) in [6, 6.07) is 3.51. The van der Waals surface area contributed by atoms with Gasteiger partial charge >= 0.3 is 6.18 Å². The summed E-state index contributed by atoms with van der Waals surface area (Å²) in [6.45, 7) is 0.296. The third-order valence-corrected chi connectivity index (χ3v) is 4.46. The highest BCUT2D eigenvalue weighted by atomic mass is 79.9. The summed E-state index contributed by atoms with van der Waals surface area (Å²) in [7, 11) is 0. The van der Waals surface area contributed by atoms with Gasteiger partial charge in [-0.1, -0.05) is 0 Å². The molecular formula is C11H12BrF3N2OS. The predicted octanol–water partition coefficient (Wildman–Crippen LogP) is 2.83. The molecule has 1 aromatic rings. The average Bonchev–Trinajstić information content (AvgIpc) is 2.74. The summed E-state index contributed by atoms with van der Waals surface area (Å²) in [5.74, 6) is -0.109. The zero-order valence-electron chi connectivity index (χ0n) is 9.91. The Morgan fingerprint density at radius 1 is 1.26 bits per heavy atom. The van der Waals surface area contributed by atoms with Gasteiger partial charge in [0.1, 0.15) is 0 Å². The lowest BCUT2D eigenvalue weighted by atomic mass is 10.3. The van der Waals surface area contributed by atoms with Crippen molar-refractivity contribution in [3.8, 4) is 0 Å². The van der Waals surface area contributed by atoms with Gasteiger partial charge in [0.15, 0.2) is 0 Å². The van der Waals surface area contributed by atoms with E-state index in [2.05, 4.69) is 15.9 Å². The number of amides is 1. The second-order valence-corrected chi connectivity index (χ2v) is 6.75. The van der Waals surface area contributed by atoms with Gasteiger partial charge < -0.3 is 4.90 Å². The molecule has 1 saturated heterocycles. The molecule has 1 fully saturated rings. The molecule has 2 heterocycles. The molecule has 0 atom stereocenters. The number of hydrogen-bond donors (Lipinski definition) is 0. The second kappa shape index (κ2) is 5.80. The van der Waals surface area contributed by atoms with Gasteiger partial charge in [0, 0.05) is 26.2 Å². The van der Waals surface area contributed by atoms with E-state index >= 15 is 0 Å². The van der Waals surface area contributed by atoms with Crippen LogP contribution in [0.3, 0.4) is 0 Å². The van der Waals surface area contributed by atoms with Crippen LogP contribution < -0.4 is 0 Å². The topological polar surface area (TPSA) is 23.6 Å².